The molecule has 3 fully saturated rings. The van der Waals surface area contributed by atoms with Crippen LogP contribution in [0.15, 0.2) is 12.1 Å². The van der Waals surface area contributed by atoms with E-state index in [1.807, 2.05) is 6.07 Å². The number of ether oxygens (including phenoxy) is 3. The highest BCUT2D eigenvalue weighted by Gasteiger charge is 2.45. The highest BCUT2D eigenvalue weighted by atomic mass is 16.6. The molecule has 3 aliphatic rings. The maximum Gasteiger partial charge on any atom is 0.407 e. The molecule has 34 heavy (non-hydrogen) atoms. The molecular formula is C23H32N6O5. The summed E-state index contributed by atoms with van der Waals surface area (Å²) in [6, 6.07) is 3.57. The van der Waals surface area contributed by atoms with Crippen LogP contribution in [0, 0.1) is 0 Å². The van der Waals surface area contributed by atoms with E-state index in [1.165, 1.54) is 11.1 Å². The van der Waals surface area contributed by atoms with Crippen LogP contribution in [0.4, 0.5) is 10.6 Å². The zero-order valence-corrected chi connectivity index (χ0v) is 19.6. The van der Waals surface area contributed by atoms with E-state index in [4.69, 9.17) is 14.2 Å². The number of nitrogens with zero attached hydrogens (tertiary/aromatic N) is 3. The van der Waals surface area contributed by atoms with Gasteiger partial charge < -0.3 is 24.8 Å². The topological polar surface area (TPSA) is 132 Å². The molecule has 2 saturated carbocycles. The van der Waals surface area contributed by atoms with Crippen LogP contribution in [0.2, 0.25) is 0 Å². The molecule has 2 aromatic rings. The fourth-order valence-electron chi connectivity index (χ4n) is 5.29. The Kier molecular flexibility index (Phi) is 6.30. The molecule has 11 nitrogen and oxygen atoms in total. The maximum atomic E-state index is 12.6. The van der Waals surface area contributed by atoms with Crippen molar-refractivity contribution in [3.8, 4) is 0 Å². The third kappa shape index (κ3) is 4.80. The van der Waals surface area contributed by atoms with Crippen molar-refractivity contribution < 1.29 is 23.8 Å². The number of hydrogen-bond acceptors (Lipinski definition) is 7. The largest absolute Gasteiger partial charge is 0.446 e. The second kappa shape index (κ2) is 9.38. The van der Waals surface area contributed by atoms with E-state index in [0.717, 1.165) is 44.2 Å². The van der Waals surface area contributed by atoms with Crippen molar-refractivity contribution in [3.05, 3.63) is 29.2 Å². The molecule has 2 aliphatic carbocycles. The second-order valence-electron chi connectivity index (χ2n) is 9.67. The monoisotopic (exact) mass is 472 g/mol. The van der Waals surface area contributed by atoms with E-state index >= 15 is 0 Å². The fourth-order valence-corrected chi connectivity index (χ4v) is 5.29. The summed E-state index contributed by atoms with van der Waals surface area (Å²) >= 11 is 0. The Hall–Kier alpha value is -2.92. The third-order valence-electron chi connectivity index (χ3n) is 7.19. The fraction of sp³-hybridized carbons (Fsp3) is 0.652. The highest BCUT2D eigenvalue weighted by molar-refractivity contribution is 6.02. The molecule has 5 rings (SSSR count). The molecule has 3 N–H and O–H groups in total. The summed E-state index contributed by atoms with van der Waals surface area (Å²) in [5, 5.41) is 17.3. The minimum Gasteiger partial charge on any atom is -0.446 e. The van der Waals surface area contributed by atoms with Gasteiger partial charge in [-0.1, -0.05) is 0 Å². The smallest absolute Gasteiger partial charge is 0.407 e. The molecule has 0 bridgehead atoms. The number of aromatic nitrogens is 4. The second-order valence-corrected chi connectivity index (χ2v) is 9.67. The first-order chi connectivity index (χ1) is 16.4. The van der Waals surface area contributed by atoms with Crippen LogP contribution in [0.25, 0.3) is 0 Å². The summed E-state index contributed by atoms with van der Waals surface area (Å²) in [7, 11) is 3.29. The van der Waals surface area contributed by atoms with Gasteiger partial charge in [-0.15, -0.1) is 0 Å². The van der Waals surface area contributed by atoms with Gasteiger partial charge in [0.2, 0.25) is 0 Å². The van der Waals surface area contributed by atoms with Gasteiger partial charge in [-0.05, 0) is 51.0 Å². The van der Waals surface area contributed by atoms with Crippen LogP contribution in [-0.2, 0) is 27.9 Å². The number of methoxy groups -OCH3 is 1. The number of carbonyl (C=O) groups is 2. The number of hydrogen-bond donors (Lipinski definition) is 3. The quantitative estimate of drug-likeness (QED) is 0.564. The van der Waals surface area contributed by atoms with E-state index in [0.29, 0.717) is 30.4 Å². The Morgan fingerprint density at radius 2 is 2.18 bits per heavy atom. The number of carbonyl (C=O) groups excluding carboxylic acids is 2. The summed E-state index contributed by atoms with van der Waals surface area (Å²) in [6.07, 6.45) is 6.16. The number of nitrogens with one attached hydrogen (secondary N) is 3. The van der Waals surface area contributed by atoms with Gasteiger partial charge in [-0.3, -0.25) is 14.6 Å². The lowest BCUT2D eigenvalue weighted by Crippen LogP contribution is -2.40. The summed E-state index contributed by atoms with van der Waals surface area (Å²) in [4.78, 5) is 25.0. The highest BCUT2D eigenvalue weighted by Crippen LogP contribution is 2.43. The van der Waals surface area contributed by atoms with Crippen LogP contribution in [0.3, 0.4) is 0 Å². The molecule has 0 aromatic carbocycles. The molecule has 2 aromatic heterocycles. The minimum atomic E-state index is -0.364. The van der Waals surface area contributed by atoms with Crippen molar-refractivity contribution in [1.82, 2.24) is 25.3 Å². The number of aromatic amines is 1. The number of amides is 2. The molecule has 3 heterocycles. The predicted molar refractivity (Wildman–Crippen MR) is 121 cm³/mol. The number of alkyl carbamates (subject to hydrolysis) is 1. The molecule has 11 heteroatoms. The van der Waals surface area contributed by atoms with E-state index in [2.05, 4.69) is 25.9 Å². The first kappa shape index (κ1) is 22.9. The number of anilines is 1. The minimum absolute atomic E-state index is 0.00704. The predicted octanol–water partition coefficient (Wildman–Crippen LogP) is 2.62. The van der Waals surface area contributed by atoms with Gasteiger partial charge in [-0.2, -0.15) is 10.2 Å². The normalized spacial score (nSPS) is 25.3. The zero-order chi connectivity index (χ0) is 23.7. The Morgan fingerprint density at radius 1 is 1.32 bits per heavy atom. The van der Waals surface area contributed by atoms with Crippen molar-refractivity contribution in [3.63, 3.8) is 0 Å². The number of rotatable bonds is 7. The molecule has 1 unspecified atom stereocenters. The Morgan fingerprint density at radius 3 is 2.91 bits per heavy atom. The standard InChI is InChI=1S/C23H32N6O5/c1-29-19(9-15(28-29)12-32-2)21(30)25-20-10-18(26-27-20)14-4-5-17(8-14)34-22(31)24-16-11-23(33-13-16)6-3-7-23/h9-10,14,16-17H,3-8,11-13H2,1-2H3,(H,24,31)(H2,25,26,27,30)/t14-,16?,17+/m0/s1. The van der Waals surface area contributed by atoms with Crippen LogP contribution < -0.4 is 10.6 Å². The van der Waals surface area contributed by atoms with Gasteiger partial charge in [0.05, 0.1) is 30.6 Å². The van der Waals surface area contributed by atoms with Crippen molar-refractivity contribution in [2.75, 3.05) is 19.0 Å². The van der Waals surface area contributed by atoms with Crippen LogP contribution in [-0.4, -0.2) is 63.4 Å². The van der Waals surface area contributed by atoms with Gasteiger partial charge in [0.25, 0.3) is 5.91 Å². The van der Waals surface area contributed by atoms with E-state index < -0.39 is 0 Å². The average Bonchev–Trinajstić information content (AvgIpc) is 3.54. The molecule has 184 valence electrons. The third-order valence-corrected chi connectivity index (χ3v) is 7.19. The Labute approximate surface area is 197 Å². The summed E-state index contributed by atoms with van der Waals surface area (Å²) in [5.41, 5.74) is 2.03. The van der Waals surface area contributed by atoms with Crippen molar-refractivity contribution in [2.45, 2.75) is 75.2 Å². The Balaban J connectivity index is 1.10. The molecule has 3 atom stereocenters. The van der Waals surface area contributed by atoms with E-state index in [1.54, 1.807) is 20.2 Å². The van der Waals surface area contributed by atoms with Gasteiger partial charge >= 0.3 is 6.09 Å². The van der Waals surface area contributed by atoms with Crippen molar-refractivity contribution in [1.29, 1.82) is 0 Å². The lowest BCUT2D eigenvalue weighted by molar-refractivity contribution is -0.0563. The molecule has 0 radical (unpaired) electrons. The van der Waals surface area contributed by atoms with Crippen LogP contribution in [0.5, 0.6) is 0 Å². The molecule has 1 aliphatic heterocycles. The van der Waals surface area contributed by atoms with E-state index in [-0.39, 0.29) is 35.7 Å². The van der Waals surface area contributed by atoms with Gasteiger partial charge in [-0.25, -0.2) is 4.79 Å². The summed E-state index contributed by atoms with van der Waals surface area (Å²) < 4.78 is 18.2. The van der Waals surface area contributed by atoms with E-state index in [9.17, 15) is 9.59 Å². The summed E-state index contributed by atoms with van der Waals surface area (Å²) in [5.74, 6) is 0.344. The number of H-pyrrole nitrogens is 1. The SMILES string of the molecule is COCc1cc(C(=O)Nc2cc([C@H]3CC[C@@H](OC(=O)NC4COC5(CCC5)C4)C3)[nH]n2)n(C)n1. The van der Waals surface area contributed by atoms with Crippen LogP contribution in [0.1, 0.15) is 72.7 Å². The molecule has 2 amide bonds. The van der Waals surface area contributed by atoms with Crippen LogP contribution >= 0.6 is 0 Å². The first-order valence-corrected chi connectivity index (χ1v) is 11.9. The van der Waals surface area contributed by atoms with Gasteiger partial charge in [0, 0.05) is 31.8 Å². The number of aryl methyl sites for hydroxylation is 1. The van der Waals surface area contributed by atoms with Gasteiger partial charge in [0.1, 0.15) is 11.8 Å². The lowest BCUT2D eigenvalue weighted by Gasteiger charge is -2.37. The molecule has 1 spiro atoms. The Bertz CT molecular complexity index is 1040. The van der Waals surface area contributed by atoms with Crippen molar-refractivity contribution >= 4 is 17.8 Å². The molecule has 1 saturated heterocycles. The average molecular weight is 473 g/mol. The lowest BCUT2D eigenvalue weighted by atomic mass is 9.77. The first-order valence-electron chi connectivity index (χ1n) is 11.9. The summed E-state index contributed by atoms with van der Waals surface area (Å²) in [6.45, 7) is 0.906. The molecular weight excluding hydrogens is 440 g/mol. The van der Waals surface area contributed by atoms with Gasteiger partial charge in [0.15, 0.2) is 5.82 Å². The maximum absolute atomic E-state index is 12.6. The zero-order valence-electron chi connectivity index (χ0n) is 19.6. The van der Waals surface area contributed by atoms with Crippen molar-refractivity contribution in [2.24, 2.45) is 7.05 Å².